The SMILES string of the molecule is O=c1/c(=C\c2ccc(Cl)s2)sc2nc3ccccc3n12. The summed E-state index contributed by atoms with van der Waals surface area (Å²) in [6.07, 6.45) is 1.87. The number of para-hydroxylation sites is 2. The highest BCUT2D eigenvalue weighted by Crippen LogP contribution is 2.22. The van der Waals surface area contributed by atoms with Crippen molar-refractivity contribution in [2.75, 3.05) is 0 Å². The number of imidazole rings is 1. The number of hydrogen-bond acceptors (Lipinski definition) is 4. The van der Waals surface area contributed by atoms with E-state index in [0.29, 0.717) is 4.53 Å². The Kier molecular flexibility index (Phi) is 2.66. The van der Waals surface area contributed by atoms with Crippen LogP contribution in [-0.4, -0.2) is 9.38 Å². The van der Waals surface area contributed by atoms with E-state index in [2.05, 4.69) is 4.98 Å². The van der Waals surface area contributed by atoms with Gasteiger partial charge >= 0.3 is 0 Å². The zero-order chi connectivity index (χ0) is 13.7. The van der Waals surface area contributed by atoms with Crippen LogP contribution in [0.2, 0.25) is 4.34 Å². The minimum absolute atomic E-state index is 0.0248. The summed E-state index contributed by atoms with van der Waals surface area (Å²) in [5.74, 6) is 0. The molecule has 3 aromatic heterocycles. The molecule has 6 heteroatoms. The molecule has 0 aliphatic rings. The molecular weight excluding hydrogens is 312 g/mol. The molecule has 4 aromatic rings. The average Bonchev–Trinajstić information content (AvgIpc) is 3.07. The maximum atomic E-state index is 12.5. The molecule has 0 bridgehead atoms. The third-order valence-electron chi connectivity index (χ3n) is 3.01. The molecule has 0 spiro atoms. The highest BCUT2D eigenvalue weighted by atomic mass is 35.5. The Labute approximate surface area is 126 Å². The van der Waals surface area contributed by atoms with Crippen molar-refractivity contribution in [2.45, 2.75) is 0 Å². The molecule has 0 saturated heterocycles. The van der Waals surface area contributed by atoms with Gasteiger partial charge in [0.15, 0.2) is 4.96 Å². The van der Waals surface area contributed by atoms with Crippen LogP contribution in [0.25, 0.3) is 22.1 Å². The van der Waals surface area contributed by atoms with E-state index in [1.54, 1.807) is 4.40 Å². The standard InChI is InChI=1S/C14H7ClN2OS2/c15-12-6-5-8(19-12)7-11-13(18)17-10-4-2-1-3-9(10)16-14(17)20-11/h1-7H/b11-7+. The molecular formula is C14H7ClN2OS2. The number of hydrogen-bond donors (Lipinski definition) is 0. The highest BCUT2D eigenvalue weighted by molar-refractivity contribution is 7.17. The molecule has 0 atom stereocenters. The second-order valence-corrected chi connectivity index (χ2v) is 7.03. The fraction of sp³-hybridized carbons (Fsp3) is 0. The summed E-state index contributed by atoms with van der Waals surface area (Å²) in [7, 11) is 0. The fourth-order valence-electron chi connectivity index (χ4n) is 2.15. The topological polar surface area (TPSA) is 34.4 Å². The van der Waals surface area contributed by atoms with E-state index < -0.39 is 0 Å². The van der Waals surface area contributed by atoms with E-state index in [0.717, 1.165) is 25.2 Å². The zero-order valence-electron chi connectivity index (χ0n) is 10.0. The number of benzene rings is 1. The van der Waals surface area contributed by atoms with Crippen molar-refractivity contribution in [3.63, 3.8) is 0 Å². The summed E-state index contributed by atoms with van der Waals surface area (Å²) in [6.45, 7) is 0. The maximum Gasteiger partial charge on any atom is 0.274 e. The van der Waals surface area contributed by atoms with Crippen LogP contribution in [-0.2, 0) is 0 Å². The number of thiazole rings is 1. The second kappa shape index (κ2) is 4.41. The molecule has 0 radical (unpaired) electrons. The molecule has 0 fully saturated rings. The Morgan fingerprint density at radius 1 is 1.15 bits per heavy atom. The normalized spacial score (nSPS) is 12.8. The molecule has 1 aromatic carbocycles. The first-order valence-corrected chi connectivity index (χ1v) is 7.90. The van der Waals surface area contributed by atoms with Gasteiger partial charge in [-0.1, -0.05) is 35.1 Å². The van der Waals surface area contributed by atoms with Crippen molar-refractivity contribution in [3.8, 4) is 0 Å². The van der Waals surface area contributed by atoms with Gasteiger partial charge in [-0.05, 0) is 30.3 Å². The number of halogens is 1. The van der Waals surface area contributed by atoms with Crippen molar-refractivity contribution in [1.82, 2.24) is 9.38 Å². The molecule has 98 valence electrons. The first-order chi connectivity index (χ1) is 9.72. The van der Waals surface area contributed by atoms with Crippen molar-refractivity contribution in [2.24, 2.45) is 0 Å². The summed E-state index contributed by atoms with van der Waals surface area (Å²) in [6, 6.07) is 11.4. The summed E-state index contributed by atoms with van der Waals surface area (Å²) >= 11 is 8.76. The number of thiophene rings is 1. The molecule has 0 aliphatic heterocycles. The molecule has 20 heavy (non-hydrogen) atoms. The quantitative estimate of drug-likeness (QED) is 0.540. The second-order valence-electron chi connectivity index (χ2n) is 4.28. The third kappa shape index (κ3) is 1.78. The van der Waals surface area contributed by atoms with Gasteiger partial charge in [0.2, 0.25) is 0 Å². The summed E-state index contributed by atoms with van der Waals surface area (Å²) in [5.41, 5.74) is 1.68. The van der Waals surface area contributed by atoms with Gasteiger partial charge in [0, 0.05) is 4.88 Å². The predicted molar refractivity (Wildman–Crippen MR) is 85.0 cm³/mol. The van der Waals surface area contributed by atoms with Crippen LogP contribution < -0.4 is 10.1 Å². The Balaban J connectivity index is 2.05. The lowest BCUT2D eigenvalue weighted by Gasteiger charge is -1.86. The van der Waals surface area contributed by atoms with Gasteiger partial charge in [-0.2, -0.15) is 0 Å². The molecule has 3 nitrogen and oxygen atoms in total. The van der Waals surface area contributed by atoms with Gasteiger partial charge in [-0.25, -0.2) is 9.38 Å². The van der Waals surface area contributed by atoms with Crippen molar-refractivity contribution < 1.29 is 0 Å². The highest BCUT2D eigenvalue weighted by Gasteiger charge is 2.10. The Morgan fingerprint density at radius 2 is 2.00 bits per heavy atom. The summed E-state index contributed by atoms with van der Waals surface area (Å²) < 4.78 is 3.06. The maximum absolute atomic E-state index is 12.5. The van der Waals surface area contributed by atoms with Gasteiger partial charge in [0.25, 0.3) is 5.56 Å². The summed E-state index contributed by atoms with van der Waals surface area (Å²) in [4.78, 5) is 18.7. The molecule has 0 unspecified atom stereocenters. The minimum Gasteiger partial charge on any atom is -0.267 e. The van der Waals surface area contributed by atoms with Gasteiger partial charge < -0.3 is 0 Å². The number of rotatable bonds is 1. The monoisotopic (exact) mass is 318 g/mol. The fourth-order valence-corrected chi connectivity index (χ4v) is 4.20. The van der Waals surface area contributed by atoms with E-state index in [1.165, 1.54) is 22.7 Å². The van der Waals surface area contributed by atoms with Crippen LogP contribution in [0.3, 0.4) is 0 Å². The number of fused-ring (bicyclic) bond motifs is 3. The van der Waals surface area contributed by atoms with Crippen LogP contribution >= 0.6 is 34.3 Å². The summed E-state index contributed by atoms with van der Waals surface area (Å²) in [5, 5.41) is 0. The van der Waals surface area contributed by atoms with Gasteiger partial charge in [-0.3, -0.25) is 4.79 Å². The van der Waals surface area contributed by atoms with E-state index in [4.69, 9.17) is 11.6 Å². The van der Waals surface area contributed by atoms with Crippen LogP contribution in [0.4, 0.5) is 0 Å². The van der Waals surface area contributed by atoms with E-state index in [9.17, 15) is 4.79 Å². The smallest absolute Gasteiger partial charge is 0.267 e. The van der Waals surface area contributed by atoms with E-state index in [1.807, 2.05) is 42.5 Å². The Morgan fingerprint density at radius 3 is 2.80 bits per heavy atom. The lowest BCUT2D eigenvalue weighted by molar-refractivity contribution is 1.19. The number of nitrogens with zero attached hydrogens (tertiary/aromatic N) is 2. The molecule has 0 aliphatic carbocycles. The molecule has 0 saturated carbocycles. The largest absolute Gasteiger partial charge is 0.274 e. The van der Waals surface area contributed by atoms with Gasteiger partial charge in [0.05, 0.1) is 19.9 Å². The Bertz CT molecular complexity index is 1040. The Hall–Kier alpha value is -1.69. The molecule has 4 rings (SSSR count). The predicted octanol–water partition coefficient (Wildman–Crippen LogP) is 3.17. The van der Waals surface area contributed by atoms with E-state index in [-0.39, 0.29) is 5.56 Å². The van der Waals surface area contributed by atoms with Crippen LogP contribution in [0, 0.1) is 0 Å². The van der Waals surface area contributed by atoms with Crippen LogP contribution in [0.1, 0.15) is 4.88 Å². The van der Waals surface area contributed by atoms with Crippen molar-refractivity contribution >= 4 is 56.3 Å². The van der Waals surface area contributed by atoms with Gasteiger partial charge in [0.1, 0.15) is 0 Å². The molecule has 3 heterocycles. The average molecular weight is 319 g/mol. The lowest BCUT2D eigenvalue weighted by Crippen LogP contribution is -2.22. The minimum atomic E-state index is -0.0248. The lowest BCUT2D eigenvalue weighted by atomic mass is 10.3. The van der Waals surface area contributed by atoms with Crippen LogP contribution in [0.15, 0.2) is 41.2 Å². The van der Waals surface area contributed by atoms with Crippen LogP contribution in [0.5, 0.6) is 0 Å². The first kappa shape index (κ1) is 12.1. The van der Waals surface area contributed by atoms with Crippen molar-refractivity contribution in [1.29, 1.82) is 0 Å². The van der Waals surface area contributed by atoms with E-state index >= 15 is 0 Å². The first-order valence-electron chi connectivity index (χ1n) is 5.89. The molecule has 0 amide bonds. The van der Waals surface area contributed by atoms with Gasteiger partial charge in [-0.15, -0.1) is 11.3 Å². The third-order valence-corrected chi connectivity index (χ3v) is 5.16. The zero-order valence-corrected chi connectivity index (χ0v) is 12.4. The van der Waals surface area contributed by atoms with Crippen molar-refractivity contribution in [3.05, 3.63) is 60.5 Å². The molecule has 0 N–H and O–H groups in total. The number of aromatic nitrogens is 2.